The number of hydrogen-bond donors (Lipinski definition) is 1. The molecule has 0 saturated carbocycles. The molecule has 0 spiro atoms. The van der Waals surface area contributed by atoms with Crippen molar-refractivity contribution in [2.75, 3.05) is 38.8 Å². The minimum atomic E-state index is 0.610. The fraction of sp³-hybridized carbons (Fsp3) is 0.692. The maximum atomic E-state index is 5.51. The third-order valence-corrected chi connectivity index (χ3v) is 3.21. The zero-order chi connectivity index (χ0) is 12.8. The summed E-state index contributed by atoms with van der Waals surface area (Å²) in [6.45, 7) is 3.52. The number of anilines is 1. The van der Waals surface area contributed by atoms with Gasteiger partial charge in [-0.1, -0.05) is 0 Å². The van der Waals surface area contributed by atoms with Crippen molar-refractivity contribution in [1.29, 1.82) is 0 Å². The minimum Gasteiger partial charge on any atom is -0.381 e. The molecule has 0 bridgehead atoms. The third-order valence-electron chi connectivity index (χ3n) is 3.21. The summed E-state index contributed by atoms with van der Waals surface area (Å²) in [6.07, 6.45) is 6.04. The van der Waals surface area contributed by atoms with Crippen molar-refractivity contribution in [2.45, 2.75) is 19.4 Å². The second kappa shape index (κ2) is 6.66. The van der Waals surface area contributed by atoms with Crippen LogP contribution in [0.1, 0.15) is 18.5 Å². The van der Waals surface area contributed by atoms with Crippen molar-refractivity contribution >= 4 is 5.82 Å². The van der Waals surface area contributed by atoms with Gasteiger partial charge >= 0.3 is 0 Å². The maximum Gasteiger partial charge on any atom is 0.147 e. The molecule has 0 aliphatic carbocycles. The molecule has 1 aliphatic rings. The van der Waals surface area contributed by atoms with Crippen LogP contribution in [0, 0.1) is 5.92 Å². The molecule has 0 amide bonds. The highest BCUT2D eigenvalue weighted by Crippen LogP contribution is 2.17. The summed E-state index contributed by atoms with van der Waals surface area (Å²) in [7, 11) is 3.99. The van der Waals surface area contributed by atoms with Gasteiger partial charge in [0.25, 0.3) is 0 Å². The molecular formula is C13H22N4O. The Labute approximate surface area is 109 Å². The highest BCUT2D eigenvalue weighted by atomic mass is 16.5. The van der Waals surface area contributed by atoms with Crippen LogP contribution in [0.3, 0.4) is 0 Å². The number of nitrogens with zero attached hydrogens (tertiary/aromatic N) is 3. The highest BCUT2D eigenvalue weighted by Gasteiger charge is 2.16. The van der Waals surface area contributed by atoms with Gasteiger partial charge in [-0.05, 0) is 25.8 Å². The standard InChI is InChI=1S/C13H22N4O/c1-14-6-12-7-15-8-13(16-12)17(2)9-11-4-3-5-18-10-11/h7-8,11,14H,3-6,9-10H2,1-2H3. The lowest BCUT2D eigenvalue weighted by atomic mass is 10.0. The fourth-order valence-corrected chi connectivity index (χ4v) is 2.28. The lowest BCUT2D eigenvalue weighted by Crippen LogP contribution is -2.31. The monoisotopic (exact) mass is 250 g/mol. The first kappa shape index (κ1) is 13.2. The predicted octanol–water partition coefficient (Wildman–Crippen LogP) is 1.06. The molecule has 1 aliphatic heterocycles. The van der Waals surface area contributed by atoms with Gasteiger partial charge in [0.05, 0.1) is 18.5 Å². The van der Waals surface area contributed by atoms with Crippen molar-refractivity contribution in [2.24, 2.45) is 5.92 Å². The normalized spacial score (nSPS) is 19.8. The Bertz CT molecular complexity index is 366. The lowest BCUT2D eigenvalue weighted by molar-refractivity contribution is 0.0576. The molecule has 1 saturated heterocycles. The van der Waals surface area contributed by atoms with Crippen LogP contribution in [-0.4, -0.2) is 43.8 Å². The number of nitrogens with one attached hydrogen (secondary N) is 1. The molecule has 1 N–H and O–H groups in total. The van der Waals surface area contributed by atoms with E-state index in [1.165, 1.54) is 12.8 Å². The van der Waals surface area contributed by atoms with Gasteiger partial charge in [-0.3, -0.25) is 4.98 Å². The van der Waals surface area contributed by atoms with Crippen LogP contribution >= 0.6 is 0 Å². The summed E-state index contributed by atoms with van der Waals surface area (Å²) in [5.41, 5.74) is 0.974. The molecule has 1 fully saturated rings. The van der Waals surface area contributed by atoms with Crippen LogP contribution in [0.5, 0.6) is 0 Å². The second-order valence-corrected chi connectivity index (χ2v) is 4.86. The van der Waals surface area contributed by atoms with Crippen LogP contribution in [0.25, 0.3) is 0 Å². The second-order valence-electron chi connectivity index (χ2n) is 4.86. The SMILES string of the molecule is CNCc1cncc(N(C)CC2CCCOC2)n1. The molecule has 1 aromatic heterocycles. The van der Waals surface area contributed by atoms with E-state index in [9.17, 15) is 0 Å². The molecule has 0 radical (unpaired) electrons. The van der Waals surface area contributed by atoms with Crippen LogP contribution in [0.4, 0.5) is 5.82 Å². The first-order valence-electron chi connectivity index (χ1n) is 6.54. The number of aromatic nitrogens is 2. The van der Waals surface area contributed by atoms with Crippen LogP contribution < -0.4 is 10.2 Å². The fourth-order valence-electron chi connectivity index (χ4n) is 2.28. The molecule has 0 aromatic carbocycles. The zero-order valence-electron chi connectivity index (χ0n) is 11.2. The van der Waals surface area contributed by atoms with E-state index in [0.717, 1.165) is 37.8 Å². The highest BCUT2D eigenvalue weighted by molar-refractivity contribution is 5.35. The molecule has 2 rings (SSSR count). The molecule has 100 valence electrons. The number of rotatable bonds is 5. The van der Waals surface area contributed by atoms with Gasteiger partial charge in [-0.2, -0.15) is 0 Å². The predicted molar refractivity (Wildman–Crippen MR) is 71.6 cm³/mol. The quantitative estimate of drug-likeness (QED) is 0.847. The molecule has 1 aromatic rings. The summed E-state index contributed by atoms with van der Waals surface area (Å²) in [4.78, 5) is 11.0. The molecule has 18 heavy (non-hydrogen) atoms. The van der Waals surface area contributed by atoms with Crippen LogP contribution in [0.15, 0.2) is 12.4 Å². The number of ether oxygens (including phenoxy) is 1. The Kier molecular flexibility index (Phi) is 4.90. The van der Waals surface area contributed by atoms with Gasteiger partial charge in [0.1, 0.15) is 5.82 Å². The maximum absolute atomic E-state index is 5.51. The van der Waals surface area contributed by atoms with Crippen molar-refractivity contribution in [3.8, 4) is 0 Å². The first-order chi connectivity index (χ1) is 8.79. The largest absolute Gasteiger partial charge is 0.381 e. The molecule has 2 heterocycles. The summed E-state index contributed by atoms with van der Waals surface area (Å²) < 4.78 is 5.51. The van der Waals surface area contributed by atoms with Crippen molar-refractivity contribution in [1.82, 2.24) is 15.3 Å². The minimum absolute atomic E-state index is 0.610. The topological polar surface area (TPSA) is 50.3 Å². The summed E-state index contributed by atoms with van der Waals surface area (Å²) in [5, 5.41) is 3.09. The summed E-state index contributed by atoms with van der Waals surface area (Å²) in [5.74, 6) is 1.55. The van der Waals surface area contributed by atoms with Crippen LogP contribution in [-0.2, 0) is 11.3 Å². The van der Waals surface area contributed by atoms with Gasteiger partial charge in [0, 0.05) is 32.9 Å². The van der Waals surface area contributed by atoms with Crippen LogP contribution in [0.2, 0.25) is 0 Å². The van der Waals surface area contributed by atoms with E-state index in [-0.39, 0.29) is 0 Å². The number of hydrogen-bond acceptors (Lipinski definition) is 5. The van der Waals surface area contributed by atoms with E-state index < -0.39 is 0 Å². The van der Waals surface area contributed by atoms with E-state index in [0.29, 0.717) is 5.92 Å². The van der Waals surface area contributed by atoms with Crippen molar-refractivity contribution in [3.05, 3.63) is 18.1 Å². The van der Waals surface area contributed by atoms with Gasteiger partial charge in [0.15, 0.2) is 0 Å². The smallest absolute Gasteiger partial charge is 0.147 e. The van der Waals surface area contributed by atoms with E-state index in [1.54, 1.807) is 6.20 Å². The third kappa shape index (κ3) is 3.65. The average molecular weight is 250 g/mol. The van der Waals surface area contributed by atoms with Gasteiger partial charge in [-0.15, -0.1) is 0 Å². The van der Waals surface area contributed by atoms with E-state index in [1.807, 2.05) is 13.2 Å². The lowest BCUT2D eigenvalue weighted by Gasteiger charge is -2.27. The zero-order valence-corrected chi connectivity index (χ0v) is 11.2. The van der Waals surface area contributed by atoms with E-state index in [2.05, 4.69) is 27.2 Å². The van der Waals surface area contributed by atoms with Gasteiger partial charge < -0.3 is 15.0 Å². The Morgan fingerprint density at radius 1 is 1.50 bits per heavy atom. The van der Waals surface area contributed by atoms with Gasteiger partial charge in [-0.25, -0.2) is 4.98 Å². The summed E-state index contributed by atoms with van der Waals surface area (Å²) in [6, 6.07) is 0. The Morgan fingerprint density at radius 3 is 3.11 bits per heavy atom. The molecule has 1 atom stereocenters. The van der Waals surface area contributed by atoms with Gasteiger partial charge in [0.2, 0.25) is 0 Å². The van der Waals surface area contributed by atoms with E-state index in [4.69, 9.17) is 4.74 Å². The van der Waals surface area contributed by atoms with Crippen molar-refractivity contribution < 1.29 is 4.74 Å². The molecule has 5 nitrogen and oxygen atoms in total. The Balaban J connectivity index is 1.94. The molecular weight excluding hydrogens is 228 g/mol. The van der Waals surface area contributed by atoms with Crippen molar-refractivity contribution in [3.63, 3.8) is 0 Å². The Morgan fingerprint density at radius 2 is 2.39 bits per heavy atom. The molecule has 1 unspecified atom stereocenters. The average Bonchev–Trinajstić information content (AvgIpc) is 2.40. The summed E-state index contributed by atoms with van der Waals surface area (Å²) >= 11 is 0. The molecule has 5 heteroatoms. The van der Waals surface area contributed by atoms with E-state index >= 15 is 0 Å². The first-order valence-corrected chi connectivity index (χ1v) is 6.54. The Hall–Kier alpha value is -1.20.